The number of hydrazine groups is 1. The van der Waals surface area contributed by atoms with Crippen molar-refractivity contribution in [2.45, 2.75) is 72.4 Å². The van der Waals surface area contributed by atoms with E-state index in [1.807, 2.05) is 31.1 Å². The highest BCUT2D eigenvalue weighted by Crippen LogP contribution is 2.38. The van der Waals surface area contributed by atoms with Crippen LogP contribution in [0.15, 0.2) is 23.5 Å². The van der Waals surface area contributed by atoms with Crippen molar-refractivity contribution in [2.75, 3.05) is 49.0 Å². The summed E-state index contributed by atoms with van der Waals surface area (Å²) in [5.41, 5.74) is 8.89. The van der Waals surface area contributed by atoms with E-state index in [4.69, 9.17) is 17.7 Å². The molecule has 212 valence electrons. The van der Waals surface area contributed by atoms with Crippen LogP contribution in [0.4, 0.5) is 17.2 Å². The summed E-state index contributed by atoms with van der Waals surface area (Å²) >= 11 is 0. The van der Waals surface area contributed by atoms with Gasteiger partial charge in [-0.05, 0) is 43.4 Å². The van der Waals surface area contributed by atoms with Crippen LogP contribution >= 0.6 is 0 Å². The zero-order valence-corrected chi connectivity index (χ0v) is 24.3. The van der Waals surface area contributed by atoms with Crippen molar-refractivity contribution in [3.63, 3.8) is 0 Å². The average Bonchev–Trinajstić information content (AvgIpc) is 3.27. The second-order valence-electron chi connectivity index (χ2n) is 10.6. The number of anilines is 2. The smallest absolute Gasteiger partial charge is 0.238 e. The first-order valence-electron chi connectivity index (χ1n) is 14.8. The predicted octanol–water partition coefficient (Wildman–Crippen LogP) is 3.30. The van der Waals surface area contributed by atoms with Crippen LogP contribution in [-0.2, 0) is 17.8 Å². The number of hydrogen-bond acceptors (Lipinski definition) is 8. The van der Waals surface area contributed by atoms with Crippen LogP contribution in [-0.4, -0.2) is 85.0 Å². The molecule has 4 aliphatic rings. The quantitative estimate of drug-likeness (QED) is 0.574. The number of aliphatic imine (C=N–C) groups is 1. The standard InChI is InChI=1S/C27H35BN8O2.C2H6/c1-3-4-7-33-9-6-21-13-24(32-36(21)17-25(33)37)31-23-12-20-16-34(8-5-19(20)14-29-23)22-15-30-27-26(18(22)2)35(28)10-11-38-27;1-2/h12,14-15,21H,3-11,13,16-17H2,1-2H3,(H,29,31,32);1-2H3. The van der Waals surface area contributed by atoms with Crippen LogP contribution in [0.3, 0.4) is 0 Å². The Bertz CT molecular complexity index is 1250. The van der Waals surface area contributed by atoms with Gasteiger partial charge in [-0.25, -0.2) is 20.0 Å². The number of unbranched alkanes of at least 4 members (excludes halogenated alkanes) is 1. The fraction of sp³-hybridized carbons (Fsp3) is 0.586. The molecule has 10 nitrogen and oxygen atoms in total. The van der Waals surface area contributed by atoms with Gasteiger partial charge in [-0.1, -0.05) is 27.2 Å². The Morgan fingerprint density at radius 3 is 2.83 bits per heavy atom. The van der Waals surface area contributed by atoms with Crippen molar-refractivity contribution >= 4 is 36.9 Å². The molecule has 2 saturated heterocycles. The SMILES string of the molecule is CC.[B]N1CCOc2ncc(N3CCc4cnc(N=C5CC6CCN(CCCC)C(=O)CN6N5)cc4C3)c(C)c21. The molecule has 2 fully saturated rings. The lowest BCUT2D eigenvalue weighted by Gasteiger charge is -2.35. The lowest BCUT2D eigenvalue weighted by atomic mass is 10.0. The Balaban J connectivity index is 0.00000158. The molecule has 0 aliphatic carbocycles. The van der Waals surface area contributed by atoms with Gasteiger partial charge in [-0.2, -0.15) is 0 Å². The number of hydrogen-bond donors (Lipinski definition) is 1. The van der Waals surface area contributed by atoms with E-state index in [9.17, 15) is 4.79 Å². The Labute approximate surface area is 239 Å². The van der Waals surface area contributed by atoms with E-state index in [0.717, 1.165) is 81.1 Å². The number of ether oxygens (including phenoxy) is 1. The largest absolute Gasteiger partial charge is 0.474 e. The van der Waals surface area contributed by atoms with Crippen LogP contribution in [0.2, 0.25) is 0 Å². The number of rotatable bonds is 5. The third kappa shape index (κ3) is 5.75. The normalized spacial score (nSPS) is 21.5. The maximum absolute atomic E-state index is 12.7. The first kappa shape index (κ1) is 28.2. The van der Waals surface area contributed by atoms with Crippen LogP contribution in [0.25, 0.3) is 0 Å². The molecule has 1 unspecified atom stereocenters. The zero-order valence-electron chi connectivity index (χ0n) is 24.3. The topological polar surface area (TPSA) is 89.4 Å². The van der Waals surface area contributed by atoms with Gasteiger partial charge >= 0.3 is 0 Å². The lowest BCUT2D eigenvalue weighted by molar-refractivity contribution is -0.131. The predicted molar refractivity (Wildman–Crippen MR) is 159 cm³/mol. The van der Waals surface area contributed by atoms with Crippen LogP contribution in [0, 0.1) is 6.92 Å². The molecule has 0 bridgehead atoms. The summed E-state index contributed by atoms with van der Waals surface area (Å²) in [7, 11) is 6.25. The fourth-order valence-electron chi connectivity index (χ4n) is 5.90. The molecule has 2 aromatic rings. The number of nitrogens with zero attached hydrogens (tertiary/aromatic N) is 7. The van der Waals surface area contributed by atoms with E-state index in [0.29, 0.717) is 31.4 Å². The van der Waals surface area contributed by atoms with E-state index in [-0.39, 0.29) is 11.9 Å². The molecule has 0 aromatic carbocycles. The second-order valence-corrected chi connectivity index (χ2v) is 10.6. The van der Waals surface area contributed by atoms with Crippen molar-refractivity contribution in [1.29, 1.82) is 0 Å². The Morgan fingerprint density at radius 1 is 1.15 bits per heavy atom. The van der Waals surface area contributed by atoms with Gasteiger partial charge in [0.25, 0.3) is 0 Å². The first-order chi connectivity index (χ1) is 19.5. The summed E-state index contributed by atoms with van der Waals surface area (Å²) in [5.74, 6) is 2.37. The van der Waals surface area contributed by atoms with Crippen molar-refractivity contribution in [3.8, 4) is 5.88 Å². The van der Waals surface area contributed by atoms with Crippen LogP contribution in [0.5, 0.6) is 5.88 Å². The van der Waals surface area contributed by atoms with Gasteiger partial charge in [0.2, 0.25) is 19.8 Å². The molecular formula is C29H41BN8O2. The summed E-state index contributed by atoms with van der Waals surface area (Å²) < 4.78 is 5.72. The van der Waals surface area contributed by atoms with E-state index >= 15 is 0 Å². The molecule has 2 aromatic heterocycles. The van der Waals surface area contributed by atoms with E-state index in [1.165, 1.54) is 11.1 Å². The lowest BCUT2D eigenvalue weighted by Crippen LogP contribution is -2.43. The van der Waals surface area contributed by atoms with Gasteiger partial charge in [0, 0.05) is 56.9 Å². The summed E-state index contributed by atoms with van der Waals surface area (Å²) in [5, 5.41) is 2.06. The molecule has 6 heterocycles. The molecule has 1 N–H and O–H groups in total. The number of amides is 1. The highest BCUT2D eigenvalue weighted by Gasteiger charge is 2.35. The minimum Gasteiger partial charge on any atom is -0.474 e. The van der Waals surface area contributed by atoms with Gasteiger partial charge in [0.05, 0.1) is 24.1 Å². The molecular weight excluding hydrogens is 503 g/mol. The van der Waals surface area contributed by atoms with E-state index in [1.54, 1.807) is 4.81 Å². The monoisotopic (exact) mass is 544 g/mol. The highest BCUT2D eigenvalue weighted by atomic mass is 16.5. The van der Waals surface area contributed by atoms with Crippen molar-refractivity contribution < 1.29 is 9.53 Å². The molecule has 4 aliphatic heterocycles. The number of carbonyl (C=O) groups excluding carboxylic acids is 1. The van der Waals surface area contributed by atoms with Crippen LogP contribution in [0.1, 0.15) is 63.1 Å². The van der Waals surface area contributed by atoms with E-state index < -0.39 is 0 Å². The zero-order chi connectivity index (χ0) is 28.2. The molecule has 1 amide bonds. The summed E-state index contributed by atoms with van der Waals surface area (Å²) in [6.07, 6.45) is 8.67. The van der Waals surface area contributed by atoms with Crippen molar-refractivity contribution in [1.82, 2.24) is 25.3 Å². The van der Waals surface area contributed by atoms with Gasteiger partial charge in [0.15, 0.2) is 5.82 Å². The highest BCUT2D eigenvalue weighted by molar-refractivity contribution is 6.19. The van der Waals surface area contributed by atoms with E-state index in [2.05, 4.69) is 45.2 Å². The minimum absolute atomic E-state index is 0.193. The van der Waals surface area contributed by atoms with Gasteiger partial charge < -0.3 is 24.8 Å². The summed E-state index contributed by atoms with van der Waals surface area (Å²) in [6, 6.07) is 2.37. The average molecular weight is 545 g/mol. The maximum Gasteiger partial charge on any atom is 0.238 e. The number of amidine groups is 1. The molecule has 0 spiro atoms. The van der Waals surface area contributed by atoms with Crippen LogP contribution < -0.4 is 19.9 Å². The number of fused-ring (bicyclic) bond motifs is 3. The first-order valence-corrected chi connectivity index (χ1v) is 14.8. The Hall–Kier alpha value is -3.34. The maximum atomic E-state index is 12.7. The molecule has 1 atom stereocenters. The van der Waals surface area contributed by atoms with Gasteiger partial charge in [-0.3, -0.25) is 4.79 Å². The number of carbonyl (C=O) groups is 1. The number of pyridine rings is 2. The minimum atomic E-state index is 0.193. The number of aromatic nitrogens is 2. The van der Waals surface area contributed by atoms with Gasteiger partial charge in [0.1, 0.15) is 12.4 Å². The molecule has 2 radical (unpaired) electrons. The fourth-order valence-corrected chi connectivity index (χ4v) is 5.90. The summed E-state index contributed by atoms with van der Waals surface area (Å²) in [6.45, 7) is 13.1. The molecule has 11 heteroatoms. The molecule has 0 saturated carbocycles. The van der Waals surface area contributed by atoms with Crippen molar-refractivity contribution in [2.24, 2.45) is 4.99 Å². The van der Waals surface area contributed by atoms with Gasteiger partial charge in [-0.15, -0.1) is 0 Å². The van der Waals surface area contributed by atoms with Crippen molar-refractivity contribution in [3.05, 3.63) is 35.2 Å². The molecule has 6 rings (SSSR count). The Kier molecular flexibility index (Phi) is 8.78. The molecule has 40 heavy (non-hydrogen) atoms. The third-order valence-electron chi connectivity index (χ3n) is 8.09. The second kappa shape index (κ2) is 12.5. The third-order valence-corrected chi connectivity index (χ3v) is 8.09. The Morgan fingerprint density at radius 2 is 2.00 bits per heavy atom. The number of nitrogens with one attached hydrogen (secondary N) is 1. The summed E-state index contributed by atoms with van der Waals surface area (Å²) in [4.78, 5) is 32.9.